The Morgan fingerprint density at radius 1 is 0.794 bits per heavy atom. The zero-order valence-electron chi connectivity index (χ0n) is 17.9. The maximum Gasteiger partial charge on any atom is 0.273 e. The van der Waals surface area contributed by atoms with Gasteiger partial charge in [0.1, 0.15) is 11.5 Å². The molecule has 3 amide bonds. The first-order valence-electron chi connectivity index (χ1n) is 10.3. The van der Waals surface area contributed by atoms with E-state index < -0.39 is 23.5 Å². The second-order valence-corrected chi connectivity index (χ2v) is 7.23. The molecule has 0 saturated carbocycles. The predicted octanol–water partition coefficient (Wildman–Crippen LogP) is 2.87. The van der Waals surface area contributed by atoms with Gasteiger partial charge in [-0.3, -0.25) is 25.2 Å². The number of hydrogen-bond acceptors (Lipinski definition) is 4. The second kappa shape index (κ2) is 10.2. The topological polar surface area (TPSA) is 105 Å². The first-order valence-corrected chi connectivity index (χ1v) is 10.3. The van der Waals surface area contributed by atoms with Gasteiger partial charge >= 0.3 is 0 Å². The Kier molecular flexibility index (Phi) is 6.73. The van der Waals surface area contributed by atoms with E-state index in [-0.39, 0.29) is 17.7 Å². The van der Waals surface area contributed by atoms with Crippen molar-refractivity contribution in [3.05, 3.63) is 108 Å². The van der Waals surface area contributed by atoms with Gasteiger partial charge in [0.15, 0.2) is 0 Å². The van der Waals surface area contributed by atoms with Gasteiger partial charge in [0.2, 0.25) is 0 Å². The van der Waals surface area contributed by atoms with Crippen molar-refractivity contribution in [2.75, 3.05) is 6.54 Å². The molecule has 0 bridgehead atoms. The van der Waals surface area contributed by atoms with Crippen molar-refractivity contribution in [1.29, 1.82) is 0 Å². The molecule has 8 nitrogen and oxygen atoms in total. The zero-order valence-corrected chi connectivity index (χ0v) is 17.9. The summed E-state index contributed by atoms with van der Waals surface area (Å²) in [5.74, 6) is -2.22. The minimum Gasteiger partial charge on any atom is -0.343 e. The number of carbonyl (C=O) groups is 3. The van der Waals surface area contributed by atoms with Crippen LogP contribution in [0.3, 0.4) is 0 Å². The maximum atomic E-state index is 13.0. The van der Waals surface area contributed by atoms with Crippen molar-refractivity contribution in [2.45, 2.75) is 0 Å². The lowest BCUT2D eigenvalue weighted by molar-refractivity contribution is -0.120. The van der Waals surface area contributed by atoms with Crippen molar-refractivity contribution < 1.29 is 18.8 Å². The largest absolute Gasteiger partial charge is 0.343 e. The van der Waals surface area contributed by atoms with E-state index in [1.54, 1.807) is 10.9 Å². The summed E-state index contributed by atoms with van der Waals surface area (Å²) >= 11 is 0. The Morgan fingerprint density at radius 3 is 2.12 bits per heavy atom. The van der Waals surface area contributed by atoms with Crippen molar-refractivity contribution in [3.8, 4) is 16.9 Å². The molecule has 170 valence electrons. The number of carbonyl (C=O) groups excluding carboxylic acids is 3. The molecule has 0 aliphatic heterocycles. The lowest BCUT2D eigenvalue weighted by Gasteiger charge is -2.08. The van der Waals surface area contributed by atoms with Crippen molar-refractivity contribution in [1.82, 2.24) is 25.9 Å². The second-order valence-electron chi connectivity index (χ2n) is 7.23. The van der Waals surface area contributed by atoms with Gasteiger partial charge in [-0.15, -0.1) is 0 Å². The molecule has 0 atom stereocenters. The highest BCUT2D eigenvalue weighted by Crippen LogP contribution is 2.23. The van der Waals surface area contributed by atoms with Gasteiger partial charge in [0.25, 0.3) is 17.7 Å². The van der Waals surface area contributed by atoms with E-state index in [1.807, 2.05) is 60.7 Å². The SMILES string of the molecule is O=C(CNC(=O)c1ccc(F)cc1)NNC(=O)c1cn(-c2ccccc2)nc1-c1ccccc1. The Morgan fingerprint density at radius 2 is 1.44 bits per heavy atom. The van der Waals surface area contributed by atoms with Crippen LogP contribution in [0.15, 0.2) is 91.1 Å². The lowest BCUT2D eigenvalue weighted by Crippen LogP contribution is -2.46. The molecule has 3 aromatic carbocycles. The first-order chi connectivity index (χ1) is 16.5. The normalized spacial score (nSPS) is 10.4. The van der Waals surface area contributed by atoms with Gasteiger partial charge in [-0.05, 0) is 36.4 Å². The molecule has 0 radical (unpaired) electrons. The van der Waals surface area contributed by atoms with Gasteiger partial charge in [0.05, 0.1) is 17.8 Å². The van der Waals surface area contributed by atoms with Crippen molar-refractivity contribution in [2.24, 2.45) is 0 Å². The van der Waals surface area contributed by atoms with E-state index in [0.29, 0.717) is 5.69 Å². The van der Waals surface area contributed by atoms with Crippen LogP contribution >= 0.6 is 0 Å². The summed E-state index contributed by atoms with van der Waals surface area (Å²) in [6.45, 7) is -0.384. The average Bonchev–Trinajstić information content (AvgIpc) is 3.33. The van der Waals surface area contributed by atoms with E-state index in [1.165, 1.54) is 12.1 Å². The molecule has 3 N–H and O–H groups in total. The molecule has 1 aromatic heterocycles. The Balaban J connectivity index is 1.43. The van der Waals surface area contributed by atoms with Crippen LogP contribution in [0.4, 0.5) is 4.39 Å². The van der Waals surface area contributed by atoms with E-state index in [2.05, 4.69) is 21.3 Å². The Hall–Kier alpha value is -4.79. The minimum atomic E-state index is -0.638. The number of halogens is 1. The molecule has 1 heterocycles. The number of hydrogen-bond donors (Lipinski definition) is 3. The summed E-state index contributed by atoms with van der Waals surface area (Å²) < 4.78 is 14.6. The monoisotopic (exact) mass is 457 g/mol. The zero-order chi connectivity index (χ0) is 23.9. The predicted molar refractivity (Wildman–Crippen MR) is 123 cm³/mol. The van der Waals surface area contributed by atoms with Crippen LogP contribution in [-0.2, 0) is 4.79 Å². The molecule has 0 unspecified atom stereocenters. The van der Waals surface area contributed by atoms with Crippen LogP contribution in [0, 0.1) is 5.82 Å². The third-order valence-corrected chi connectivity index (χ3v) is 4.86. The molecular weight excluding hydrogens is 437 g/mol. The number of rotatable bonds is 6. The third-order valence-electron chi connectivity index (χ3n) is 4.86. The van der Waals surface area contributed by atoms with Crippen LogP contribution in [0.25, 0.3) is 16.9 Å². The van der Waals surface area contributed by atoms with Gasteiger partial charge in [0, 0.05) is 17.3 Å². The molecule has 9 heteroatoms. The molecule has 4 rings (SSSR count). The number of nitrogens with zero attached hydrogens (tertiary/aromatic N) is 2. The highest BCUT2D eigenvalue weighted by atomic mass is 19.1. The van der Waals surface area contributed by atoms with E-state index in [0.717, 1.165) is 23.4 Å². The number of nitrogens with one attached hydrogen (secondary N) is 3. The van der Waals surface area contributed by atoms with Gasteiger partial charge < -0.3 is 5.32 Å². The van der Waals surface area contributed by atoms with Gasteiger partial charge in [-0.25, -0.2) is 9.07 Å². The van der Waals surface area contributed by atoms with Crippen LogP contribution in [-0.4, -0.2) is 34.0 Å². The number of para-hydroxylation sites is 1. The maximum absolute atomic E-state index is 13.0. The molecule has 4 aromatic rings. The fraction of sp³-hybridized carbons (Fsp3) is 0.0400. The molecule has 0 spiro atoms. The van der Waals surface area contributed by atoms with E-state index in [9.17, 15) is 18.8 Å². The Labute approximate surface area is 194 Å². The third kappa shape index (κ3) is 5.33. The number of benzene rings is 3. The van der Waals surface area contributed by atoms with Gasteiger partial charge in [-0.2, -0.15) is 5.10 Å². The number of hydrazine groups is 1. The fourth-order valence-corrected chi connectivity index (χ4v) is 3.16. The molecule has 0 aliphatic carbocycles. The molecule has 0 saturated heterocycles. The van der Waals surface area contributed by atoms with Crippen LogP contribution < -0.4 is 16.2 Å². The summed E-state index contributed by atoms with van der Waals surface area (Å²) in [6.07, 6.45) is 1.58. The summed E-state index contributed by atoms with van der Waals surface area (Å²) in [5, 5.41) is 6.96. The molecule has 0 aliphatic rings. The highest BCUT2D eigenvalue weighted by molar-refractivity contribution is 6.01. The van der Waals surface area contributed by atoms with Crippen molar-refractivity contribution >= 4 is 17.7 Å². The molecular formula is C25H20FN5O3. The van der Waals surface area contributed by atoms with Crippen LogP contribution in [0.5, 0.6) is 0 Å². The molecule has 0 fully saturated rings. The summed E-state index contributed by atoms with van der Waals surface area (Å²) in [6, 6.07) is 23.4. The minimum absolute atomic E-state index is 0.207. The standard InChI is InChI=1S/C25H20FN5O3/c26-19-13-11-18(12-14-19)24(33)27-15-22(32)28-29-25(34)21-16-31(20-9-5-2-6-10-20)30-23(21)17-7-3-1-4-8-17/h1-14,16H,15H2,(H,27,33)(H,28,32)(H,29,34). The number of aromatic nitrogens is 2. The quantitative estimate of drug-likeness (QED) is 0.387. The van der Waals surface area contributed by atoms with Crippen molar-refractivity contribution in [3.63, 3.8) is 0 Å². The molecule has 34 heavy (non-hydrogen) atoms. The fourth-order valence-electron chi connectivity index (χ4n) is 3.16. The van der Waals surface area contributed by atoms with Crippen LogP contribution in [0.1, 0.15) is 20.7 Å². The van der Waals surface area contributed by atoms with E-state index >= 15 is 0 Å². The average molecular weight is 457 g/mol. The van der Waals surface area contributed by atoms with Gasteiger partial charge in [-0.1, -0.05) is 48.5 Å². The lowest BCUT2D eigenvalue weighted by atomic mass is 10.1. The summed E-state index contributed by atoms with van der Waals surface area (Å²) in [4.78, 5) is 37.1. The summed E-state index contributed by atoms with van der Waals surface area (Å²) in [5.41, 5.74) is 7.04. The smallest absolute Gasteiger partial charge is 0.273 e. The van der Waals surface area contributed by atoms with E-state index in [4.69, 9.17) is 0 Å². The van der Waals surface area contributed by atoms with Crippen LogP contribution in [0.2, 0.25) is 0 Å². The number of amides is 3. The summed E-state index contributed by atoms with van der Waals surface area (Å²) in [7, 11) is 0. The first kappa shape index (κ1) is 22.4. The Bertz CT molecular complexity index is 1310. The highest BCUT2D eigenvalue weighted by Gasteiger charge is 2.19.